The van der Waals surface area contributed by atoms with E-state index in [0.717, 1.165) is 12.1 Å². The highest BCUT2D eigenvalue weighted by Crippen LogP contribution is 2.25. The van der Waals surface area contributed by atoms with Crippen LogP contribution >= 0.6 is 12.4 Å². The van der Waals surface area contributed by atoms with Crippen molar-refractivity contribution in [3.63, 3.8) is 0 Å². The Labute approximate surface area is 160 Å². The molecule has 0 aromatic heterocycles. The van der Waals surface area contributed by atoms with Gasteiger partial charge in [-0.15, -0.1) is 12.4 Å². The first kappa shape index (κ1) is 23.6. The Balaban J connectivity index is 0.00000364. The van der Waals surface area contributed by atoms with E-state index in [1.165, 1.54) is 17.0 Å². The third-order valence-corrected chi connectivity index (χ3v) is 5.29. The summed E-state index contributed by atoms with van der Waals surface area (Å²) in [5.41, 5.74) is 0.0452. The zero-order valence-corrected chi connectivity index (χ0v) is 15.7. The zero-order valence-electron chi connectivity index (χ0n) is 14.1. The second-order valence-corrected chi connectivity index (χ2v) is 7.68. The molecule has 0 amide bonds. The maximum atomic E-state index is 13.3. The lowest BCUT2D eigenvalue weighted by molar-refractivity contribution is -0.384. The lowest BCUT2D eigenvalue weighted by Crippen LogP contribution is -2.57. The average molecular weight is 433 g/mol. The van der Waals surface area contributed by atoms with E-state index in [1.807, 2.05) is 4.72 Å². The van der Waals surface area contributed by atoms with Crippen molar-refractivity contribution >= 4 is 28.1 Å². The molecule has 13 heteroatoms. The smallest absolute Gasteiger partial charge is 0.314 e. The van der Waals surface area contributed by atoms with Gasteiger partial charge in [-0.1, -0.05) is 12.1 Å². The van der Waals surface area contributed by atoms with Crippen LogP contribution in [0, 0.1) is 10.1 Å². The topological polar surface area (TPSA) is 105 Å². The Morgan fingerprint density at radius 3 is 2.26 bits per heavy atom. The predicted molar refractivity (Wildman–Crippen MR) is 95.3 cm³/mol. The monoisotopic (exact) mass is 432 g/mol. The minimum atomic E-state index is -4.56. The molecule has 1 unspecified atom stereocenters. The molecule has 1 heterocycles. The SMILES string of the molecule is Cl.O=[N+]([O-])c1ccc(CS(=O)(=O)NCC(N2CCNCC2)C(F)(F)F)cc1. The number of nitrogens with one attached hydrogen (secondary N) is 2. The van der Waals surface area contributed by atoms with Crippen molar-refractivity contribution in [2.75, 3.05) is 32.7 Å². The number of rotatable bonds is 7. The predicted octanol–water partition coefficient (Wildman–Crippen LogP) is 1.27. The maximum Gasteiger partial charge on any atom is 0.405 e. The third-order valence-electron chi connectivity index (χ3n) is 3.97. The Hall–Kier alpha value is -1.47. The molecule has 1 aliphatic rings. The summed E-state index contributed by atoms with van der Waals surface area (Å²) in [6.45, 7) is 0.381. The zero-order chi connectivity index (χ0) is 19.4. The summed E-state index contributed by atoms with van der Waals surface area (Å²) in [5, 5.41) is 13.5. The number of nitrogens with zero attached hydrogens (tertiary/aromatic N) is 2. The van der Waals surface area contributed by atoms with Crippen LogP contribution in [0.3, 0.4) is 0 Å². The first-order valence-corrected chi connectivity index (χ1v) is 9.46. The van der Waals surface area contributed by atoms with E-state index >= 15 is 0 Å². The van der Waals surface area contributed by atoms with Crippen molar-refractivity contribution in [1.82, 2.24) is 14.9 Å². The van der Waals surface area contributed by atoms with Crippen LogP contribution in [0.4, 0.5) is 18.9 Å². The lowest BCUT2D eigenvalue weighted by atomic mass is 10.2. The molecule has 1 atom stereocenters. The van der Waals surface area contributed by atoms with Crippen LogP contribution in [0.15, 0.2) is 24.3 Å². The van der Waals surface area contributed by atoms with Gasteiger partial charge in [-0.2, -0.15) is 13.2 Å². The maximum absolute atomic E-state index is 13.3. The Bertz CT molecular complexity index is 725. The number of piperazine rings is 1. The minimum Gasteiger partial charge on any atom is -0.314 e. The highest BCUT2D eigenvalue weighted by molar-refractivity contribution is 7.88. The fourth-order valence-electron chi connectivity index (χ4n) is 2.64. The molecule has 0 radical (unpaired) electrons. The van der Waals surface area contributed by atoms with Crippen molar-refractivity contribution in [1.29, 1.82) is 0 Å². The molecule has 1 aromatic carbocycles. The second-order valence-electron chi connectivity index (χ2n) is 5.87. The van der Waals surface area contributed by atoms with Crippen molar-refractivity contribution in [2.45, 2.75) is 18.0 Å². The van der Waals surface area contributed by atoms with Crippen LogP contribution in [0.1, 0.15) is 5.56 Å². The first-order valence-electron chi connectivity index (χ1n) is 7.80. The van der Waals surface area contributed by atoms with E-state index in [4.69, 9.17) is 0 Å². The average Bonchev–Trinajstić information content (AvgIpc) is 2.54. The molecule has 1 saturated heterocycles. The Morgan fingerprint density at radius 2 is 1.78 bits per heavy atom. The van der Waals surface area contributed by atoms with E-state index in [2.05, 4.69) is 5.32 Å². The van der Waals surface area contributed by atoms with E-state index in [0.29, 0.717) is 13.1 Å². The van der Waals surface area contributed by atoms with E-state index in [-0.39, 0.29) is 36.7 Å². The van der Waals surface area contributed by atoms with Gasteiger partial charge in [0.25, 0.3) is 5.69 Å². The Kier molecular flexibility index (Phi) is 8.42. The molecule has 0 saturated carbocycles. The molecule has 0 bridgehead atoms. The highest BCUT2D eigenvalue weighted by Gasteiger charge is 2.44. The summed E-state index contributed by atoms with van der Waals surface area (Å²) < 4.78 is 66.0. The number of non-ortho nitro benzene ring substituents is 1. The molecule has 2 N–H and O–H groups in total. The minimum absolute atomic E-state index is 0. The van der Waals surface area contributed by atoms with Gasteiger partial charge in [0.2, 0.25) is 10.0 Å². The first-order chi connectivity index (χ1) is 12.1. The van der Waals surface area contributed by atoms with Crippen molar-refractivity contribution < 1.29 is 26.5 Å². The molecular formula is C14H20ClF3N4O4S. The van der Waals surface area contributed by atoms with Crippen molar-refractivity contribution in [3.8, 4) is 0 Å². The van der Waals surface area contributed by atoms with Gasteiger partial charge in [0, 0.05) is 44.9 Å². The normalized spacial score (nSPS) is 17.1. The molecule has 154 valence electrons. The standard InChI is InChI=1S/C14H19F3N4O4S.ClH/c15-14(16,17)13(20-7-5-18-6-8-20)9-19-26(24,25)10-11-1-3-12(4-2-11)21(22)23;/h1-4,13,18-19H,5-10H2;1H. The fourth-order valence-corrected chi connectivity index (χ4v) is 3.78. The van der Waals surface area contributed by atoms with Gasteiger partial charge in [-0.05, 0) is 5.56 Å². The molecule has 1 aliphatic heterocycles. The largest absolute Gasteiger partial charge is 0.405 e. The van der Waals surface area contributed by atoms with Crippen LogP contribution in [-0.4, -0.2) is 63.2 Å². The lowest BCUT2D eigenvalue weighted by Gasteiger charge is -2.35. The second kappa shape index (κ2) is 9.64. The van der Waals surface area contributed by atoms with Gasteiger partial charge in [0.05, 0.1) is 10.7 Å². The van der Waals surface area contributed by atoms with Crippen LogP contribution < -0.4 is 10.0 Å². The number of nitro benzene ring substituents is 1. The summed E-state index contributed by atoms with van der Waals surface area (Å²) in [5.74, 6) is -0.558. The third kappa shape index (κ3) is 7.22. The van der Waals surface area contributed by atoms with Gasteiger partial charge in [0.15, 0.2) is 0 Å². The number of nitro groups is 1. The van der Waals surface area contributed by atoms with E-state index < -0.39 is 39.5 Å². The molecule has 2 rings (SSSR count). The molecule has 1 aromatic rings. The molecule has 0 aliphatic carbocycles. The number of benzene rings is 1. The van der Waals surface area contributed by atoms with Crippen LogP contribution in [0.5, 0.6) is 0 Å². The summed E-state index contributed by atoms with van der Waals surface area (Å²) in [4.78, 5) is 11.2. The summed E-state index contributed by atoms with van der Waals surface area (Å²) in [6.07, 6.45) is -4.56. The van der Waals surface area contributed by atoms with Crippen LogP contribution in [0.2, 0.25) is 0 Å². The quantitative estimate of drug-likeness (QED) is 0.496. The summed E-state index contributed by atoms with van der Waals surface area (Å²) in [6, 6.07) is 2.90. The molecule has 0 spiro atoms. The number of sulfonamides is 1. The van der Waals surface area contributed by atoms with Gasteiger partial charge in [-0.25, -0.2) is 13.1 Å². The van der Waals surface area contributed by atoms with Crippen molar-refractivity contribution in [3.05, 3.63) is 39.9 Å². The number of halogens is 4. The van der Waals surface area contributed by atoms with Gasteiger partial charge >= 0.3 is 6.18 Å². The number of alkyl halides is 3. The fraction of sp³-hybridized carbons (Fsp3) is 0.571. The summed E-state index contributed by atoms with van der Waals surface area (Å²) >= 11 is 0. The highest BCUT2D eigenvalue weighted by atomic mass is 35.5. The van der Waals surface area contributed by atoms with Crippen molar-refractivity contribution in [2.24, 2.45) is 0 Å². The molecular weight excluding hydrogens is 413 g/mol. The van der Waals surface area contributed by atoms with Gasteiger partial charge < -0.3 is 5.32 Å². The molecule has 1 fully saturated rings. The molecule has 8 nitrogen and oxygen atoms in total. The number of hydrogen-bond acceptors (Lipinski definition) is 6. The Morgan fingerprint density at radius 1 is 1.22 bits per heavy atom. The van der Waals surface area contributed by atoms with Crippen LogP contribution in [0.25, 0.3) is 0 Å². The summed E-state index contributed by atoms with van der Waals surface area (Å²) in [7, 11) is -4.02. The van der Waals surface area contributed by atoms with Gasteiger partial charge in [-0.3, -0.25) is 15.0 Å². The van der Waals surface area contributed by atoms with Gasteiger partial charge in [0.1, 0.15) is 6.04 Å². The molecule has 27 heavy (non-hydrogen) atoms. The number of hydrogen-bond donors (Lipinski definition) is 2. The van der Waals surface area contributed by atoms with E-state index in [1.54, 1.807) is 0 Å². The van der Waals surface area contributed by atoms with E-state index in [9.17, 15) is 31.7 Å². The van der Waals surface area contributed by atoms with Crippen LogP contribution in [-0.2, 0) is 15.8 Å².